The molecule has 1 fully saturated rings. The zero-order chi connectivity index (χ0) is 18.7. The van der Waals surface area contributed by atoms with E-state index in [9.17, 15) is 26.7 Å². The van der Waals surface area contributed by atoms with Gasteiger partial charge < -0.3 is 5.32 Å². The lowest BCUT2D eigenvalue weighted by Gasteiger charge is -2.27. The predicted molar refractivity (Wildman–Crippen MR) is 78.4 cm³/mol. The molecule has 1 aromatic carbocycles. The maximum atomic E-state index is 13.4. The Kier molecular flexibility index (Phi) is 5.62. The molecule has 2 atom stereocenters. The molecule has 0 saturated heterocycles. The van der Waals surface area contributed by atoms with E-state index in [4.69, 9.17) is 5.26 Å². The highest BCUT2D eigenvalue weighted by Crippen LogP contribution is 2.35. The topological polar surface area (TPSA) is 64.9 Å². The summed E-state index contributed by atoms with van der Waals surface area (Å²) in [6.07, 6.45) is -4.46. The second-order valence-corrected chi connectivity index (χ2v) is 5.91. The molecule has 0 aliphatic heterocycles. The smallest absolute Gasteiger partial charge is 0.336 e. The van der Waals surface area contributed by atoms with Crippen LogP contribution in [0.4, 0.5) is 22.0 Å². The van der Waals surface area contributed by atoms with E-state index in [2.05, 4.69) is 10.6 Å². The molecule has 1 saturated carbocycles. The Labute approximate surface area is 141 Å². The Morgan fingerprint density at radius 3 is 2.32 bits per heavy atom. The van der Waals surface area contributed by atoms with Gasteiger partial charge in [-0.1, -0.05) is 12.1 Å². The Morgan fingerprint density at radius 2 is 1.88 bits per heavy atom. The lowest BCUT2D eigenvalue weighted by atomic mass is 10.0. The van der Waals surface area contributed by atoms with E-state index < -0.39 is 48.6 Å². The molecule has 2 N–H and O–H groups in total. The van der Waals surface area contributed by atoms with Crippen molar-refractivity contribution in [2.45, 2.75) is 43.1 Å². The Morgan fingerprint density at radius 1 is 1.28 bits per heavy atom. The van der Waals surface area contributed by atoms with Gasteiger partial charge in [0.1, 0.15) is 17.4 Å². The van der Waals surface area contributed by atoms with E-state index in [0.29, 0.717) is 12.8 Å². The number of nitrogens with zero attached hydrogens (tertiary/aromatic N) is 1. The fourth-order valence-corrected chi connectivity index (χ4v) is 2.35. The van der Waals surface area contributed by atoms with Crippen molar-refractivity contribution >= 4 is 5.91 Å². The van der Waals surface area contributed by atoms with Gasteiger partial charge in [0.05, 0.1) is 18.8 Å². The minimum atomic E-state index is -4.78. The number of hydrogen-bond acceptors (Lipinski definition) is 3. The first-order chi connectivity index (χ1) is 11.7. The fourth-order valence-electron chi connectivity index (χ4n) is 2.35. The summed E-state index contributed by atoms with van der Waals surface area (Å²) in [6.45, 7) is -1.02. The standard InChI is InChI=1S/C16H16F5N3O/c17-8-5-12(14(25)24-15(9-22)6-7-15)23-13(16(19,20)21)10-1-3-11(18)4-2-10/h1-4,12-13,23H,5-8H2,(H,24,25). The largest absolute Gasteiger partial charge is 0.407 e. The SMILES string of the molecule is N#CC1(NC(=O)C(CCF)NC(c2ccc(F)cc2)C(F)(F)F)CC1. The van der Waals surface area contributed by atoms with Crippen LogP contribution in [0.1, 0.15) is 30.9 Å². The molecule has 4 nitrogen and oxygen atoms in total. The minimum Gasteiger partial charge on any atom is -0.336 e. The molecule has 0 spiro atoms. The molecule has 136 valence electrons. The number of hydrogen-bond donors (Lipinski definition) is 2. The van der Waals surface area contributed by atoms with Gasteiger partial charge >= 0.3 is 6.18 Å². The summed E-state index contributed by atoms with van der Waals surface area (Å²) in [5.41, 5.74) is -1.37. The van der Waals surface area contributed by atoms with Crippen LogP contribution in [-0.2, 0) is 4.79 Å². The number of carbonyl (C=O) groups is 1. The van der Waals surface area contributed by atoms with Gasteiger partial charge in [0, 0.05) is 6.42 Å². The summed E-state index contributed by atoms with van der Waals surface area (Å²) >= 11 is 0. The molecular formula is C16H16F5N3O. The van der Waals surface area contributed by atoms with Gasteiger partial charge in [-0.2, -0.15) is 18.4 Å². The second-order valence-electron chi connectivity index (χ2n) is 5.91. The minimum absolute atomic E-state index is 0.299. The molecule has 0 heterocycles. The highest BCUT2D eigenvalue weighted by atomic mass is 19.4. The average Bonchev–Trinajstić information content (AvgIpc) is 3.31. The number of nitriles is 1. The Balaban J connectivity index is 2.19. The first kappa shape index (κ1) is 19.1. The molecule has 2 rings (SSSR count). The van der Waals surface area contributed by atoms with E-state index in [1.54, 1.807) is 0 Å². The summed E-state index contributed by atoms with van der Waals surface area (Å²) in [7, 11) is 0. The third-order valence-electron chi connectivity index (χ3n) is 3.94. The number of alkyl halides is 4. The zero-order valence-corrected chi connectivity index (χ0v) is 13.0. The van der Waals surface area contributed by atoms with E-state index in [1.807, 2.05) is 6.07 Å². The number of rotatable bonds is 7. The summed E-state index contributed by atoms with van der Waals surface area (Å²) < 4.78 is 65.7. The van der Waals surface area contributed by atoms with Crippen molar-refractivity contribution in [1.29, 1.82) is 5.26 Å². The van der Waals surface area contributed by atoms with E-state index >= 15 is 0 Å². The summed E-state index contributed by atoms with van der Waals surface area (Å²) in [5, 5.41) is 13.4. The van der Waals surface area contributed by atoms with Crippen molar-refractivity contribution in [2.24, 2.45) is 0 Å². The Bertz CT molecular complexity index is 649. The third kappa shape index (κ3) is 4.89. The third-order valence-corrected chi connectivity index (χ3v) is 3.94. The first-order valence-electron chi connectivity index (χ1n) is 7.58. The van der Waals surface area contributed by atoms with Gasteiger partial charge in [0.25, 0.3) is 0 Å². The van der Waals surface area contributed by atoms with Gasteiger partial charge in [-0.15, -0.1) is 0 Å². The molecule has 0 bridgehead atoms. The lowest BCUT2D eigenvalue weighted by Crippen LogP contribution is -2.51. The molecule has 9 heteroatoms. The first-order valence-corrected chi connectivity index (χ1v) is 7.58. The summed E-state index contributed by atoms with van der Waals surface area (Å²) in [6, 6.07) is 1.77. The maximum Gasteiger partial charge on any atom is 0.407 e. The van der Waals surface area contributed by atoms with E-state index in [1.165, 1.54) is 0 Å². The average molecular weight is 361 g/mol. The molecule has 1 aromatic rings. The van der Waals surface area contributed by atoms with Crippen molar-refractivity contribution < 1.29 is 26.7 Å². The van der Waals surface area contributed by atoms with Crippen molar-refractivity contribution in [2.75, 3.05) is 6.67 Å². The quantitative estimate of drug-likeness (QED) is 0.734. The number of halogens is 5. The van der Waals surface area contributed by atoms with Gasteiger partial charge in [-0.25, -0.2) is 4.39 Å². The molecule has 1 aliphatic rings. The highest BCUT2D eigenvalue weighted by molar-refractivity contribution is 5.83. The van der Waals surface area contributed by atoms with Crippen LogP contribution in [0.2, 0.25) is 0 Å². The lowest BCUT2D eigenvalue weighted by molar-refractivity contribution is -0.161. The van der Waals surface area contributed by atoms with Crippen molar-refractivity contribution in [3.05, 3.63) is 35.6 Å². The van der Waals surface area contributed by atoms with Crippen LogP contribution in [0.5, 0.6) is 0 Å². The highest BCUT2D eigenvalue weighted by Gasteiger charge is 2.47. The van der Waals surface area contributed by atoms with Crippen LogP contribution in [0.25, 0.3) is 0 Å². The van der Waals surface area contributed by atoms with Crippen molar-refractivity contribution in [3.8, 4) is 6.07 Å². The van der Waals surface area contributed by atoms with Gasteiger partial charge in [0.2, 0.25) is 5.91 Å². The van der Waals surface area contributed by atoms with E-state index in [0.717, 1.165) is 24.3 Å². The summed E-state index contributed by atoms with van der Waals surface area (Å²) in [5.74, 6) is -1.57. The molecule has 25 heavy (non-hydrogen) atoms. The molecule has 1 aliphatic carbocycles. The number of amides is 1. The van der Waals surface area contributed by atoms with Crippen LogP contribution < -0.4 is 10.6 Å². The van der Waals surface area contributed by atoms with Crippen LogP contribution in [0, 0.1) is 17.1 Å². The zero-order valence-electron chi connectivity index (χ0n) is 13.0. The normalized spacial score (nSPS) is 18.1. The summed E-state index contributed by atoms with van der Waals surface area (Å²) in [4.78, 5) is 12.2. The van der Waals surface area contributed by atoms with E-state index in [-0.39, 0.29) is 5.56 Å². The number of carbonyl (C=O) groups excluding carboxylic acids is 1. The van der Waals surface area contributed by atoms with Gasteiger partial charge in [-0.3, -0.25) is 14.5 Å². The number of nitrogens with one attached hydrogen (secondary N) is 2. The molecular weight excluding hydrogens is 345 g/mol. The van der Waals surface area contributed by atoms with Crippen LogP contribution in [0.3, 0.4) is 0 Å². The molecule has 1 amide bonds. The predicted octanol–water partition coefficient (Wildman–Crippen LogP) is 2.92. The van der Waals surface area contributed by atoms with Gasteiger partial charge in [-0.05, 0) is 30.5 Å². The van der Waals surface area contributed by atoms with Crippen LogP contribution >= 0.6 is 0 Å². The maximum absolute atomic E-state index is 13.4. The Hall–Kier alpha value is -2.21. The monoisotopic (exact) mass is 361 g/mol. The fraction of sp³-hybridized carbons (Fsp3) is 0.500. The molecule has 0 aromatic heterocycles. The molecule has 2 unspecified atom stereocenters. The number of benzene rings is 1. The van der Waals surface area contributed by atoms with Crippen molar-refractivity contribution in [1.82, 2.24) is 10.6 Å². The molecule has 0 radical (unpaired) electrons. The second kappa shape index (κ2) is 7.35. The van der Waals surface area contributed by atoms with Gasteiger partial charge in [0.15, 0.2) is 0 Å². The van der Waals surface area contributed by atoms with Crippen molar-refractivity contribution in [3.63, 3.8) is 0 Å². The van der Waals surface area contributed by atoms with Crippen LogP contribution in [0.15, 0.2) is 24.3 Å². The van der Waals surface area contributed by atoms with Crippen LogP contribution in [-0.4, -0.2) is 30.3 Å².